The summed E-state index contributed by atoms with van der Waals surface area (Å²) in [5, 5.41) is 4.03. The molecule has 0 amide bonds. The van der Waals surface area contributed by atoms with Gasteiger partial charge in [0.1, 0.15) is 0 Å². The number of anilines is 6. The van der Waals surface area contributed by atoms with Crippen LogP contribution in [-0.2, 0) is 5.41 Å². The lowest BCUT2D eigenvalue weighted by molar-refractivity contribution is 0.590. The number of aromatic nitrogens is 2. The summed E-state index contributed by atoms with van der Waals surface area (Å²) in [6.45, 7) is 7.10. The van der Waals surface area contributed by atoms with Crippen molar-refractivity contribution in [3.05, 3.63) is 145 Å². The Morgan fingerprint density at radius 1 is 0.481 bits per heavy atom. The maximum Gasteiger partial charge on any atom is 0.333 e. The highest BCUT2D eigenvalue weighted by molar-refractivity contribution is 6.95. The molecule has 0 bridgehead atoms. The minimum absolute atomic E-state index is 0.00374. The third kappa shape index (κ3) is 3.01. The highest BCUT2D eigenvalue weighted by atomic mass is 15.2. The molecule has 6 heteroatoms. The number of hydrogen-bond donors (Lipinski definition) is 0. The Labute approximate surface area is 313 Å². The molecule has 250 valence electrons. The fraction of sp³-hybridized carbons (Fsp3) is 0.0833. The number of rotatable bonds is 2. The third-order valence-electron chi connectivity index (χ3n) is 13.3. The number of nitrogens with zero attached hydrogens (tertiary/aromatic N) is 4. The van der Waals surface area contributed by atoms with Crippen LogP contribution in [0.3, 0.4) is 0 Å². The van der Waals surface area contributed by atoms with Crippen LogP contribution in [-0.4, -0.2) is 22.7 Å². The SMILES string of the molecule is CC(C)(C)c1ccc2c(c1)N(c1ccccc1)c1cc3c4c5c1B2n1ccc2cc6c7cccc8c7n(c6c-5c21)B4c1c-8cccc1N3c1ccccc1. The van der Waals surface area contributed by atoms with Gasteiger partial charge in [-0.05, 0) is 110 Å². The lowest BCUT2D eigenvalue weighted by Crippen LogP contribution is -2.64. The first-order valence-electron chi connectivity index (χ1n) is 19.3. The molecule has 7 heterocycles. The van der Waals surface area contributed by atoms with Gasteiger partial charge < -0.3 is 18.8 Å². The first kappa shape index (κ1) is 28.2. The van der Waals surface area contributed by atoms with Crippen molar-refractivity contribution in [3.8, 4) is 22.3 Å². The van der Waals surface area contributed by atoms with Gasteiger partial charge in [0.2, 0.25) is 0 Å². The highest BCUT2D eigenvalue weighted by Gasteiger charge is 2.52. The zero-order valence-electron chi connectivity index (χ0n) is 30.2. The van der Waals surface area contributed by atoms with Crippen LogP contribution in [0.1, 0.15) is 26.3 Å². The topological polar surface area (TPSA) is 16.3 Å². The van der Waals surface area contributed by atoms with Crippen molar-refractivity contribution in [2.75, 3.05) is 9.80 Å². The Bertz CT molecular complexity index is 3220. The molecule has 5 aliphatic rings. The van der Waals surface area contributed by atoms with E-state index in [9.17, 15) is 0 Å². The summed E-state index contributed by atoms with van der Waals surface area (Å²) in [4.78, 5) is 5.16. The molecule has 0 aliphatic carbocycles. The van der Waals surface area contributed by atoms with Gasteiger partial charge in [-0.25, -0.2) is 0 Å². The standard InChI is InChI=1S/C48H32B2N4/c1-48(2,3)28-20-21-35-37(25-28)53(30-14-8-5-9-15-30)38-26-39-44-40-41-45-27(22-23-51(45)49(35)43(38)40)24-34-33-18-10-17-32-31-16-11-19-36(52(39)29-12-6-4-7-13-29)42(31)50(44)54(46(32)33)47(34)41/h4-26H,1-3H3. The van der Waals surface area contributed by atoms with E-state index in [0.29, 0.717) is 0 Å². The summed E-state index contributed by atoms with van der Waals surface area (Å²) in [7, 11) is 0. The van der Waals surface area contributed by atoms with Crippen molar-refractivity contribution in [2.24, 2.45) is 0 Å². The average Bonchev–Trinajstić information content (AvgIpc) is 3.78. The van der Waals surface area contributed by atoms with Crippen LogP contribution in [0.15, 0.2) is 140 Å². The fourth-order valence-electron chi connectivity index (χ4n) is 11.2. The molecule has 9 aromatic rings. The van der Waals surface area contributed by atoms with E-state index < -0.39 is 0 Å². The van der Waals surface area contributed by atoms with Gasteiger partial charge in [-0.15, -0.1) is 0 Å². The lowest BCUT2D eigenvalue weighted by Gasteiger charge is -2.48. The molecule has 0 fully saturated rings. The molecule has 0 N–H and O–H groups in total. The molecule has 0 spiro atoms. The largest absolute Gasteiger partial charge is 0.382 e. The van der Waals surface area contributed by atoms with Crippen LogP contribution in [0.2, 0.25) is 0 Å². The van der Waals surface area contributed by atoms with E-state index in [0.717, 1.165) is 0 Å². The first-order valence-corrected chi connectivity index (χ1v) is 19.3. The maximum absolute atomic E-state index is 2.75. The van der Waals surface area contributed by atoms with Gasteiger partial charge in [0, 0.05) is 72.6 Å². The average molecular weight is 686 g/mol. The zero-order chi connectivity index (χ0) is 35.4. The van der Waals surface area contributed by atoms with Crippen LogP contribution >= 0.6 is 0 Å². The van der Waals surface area contributed by atoms with E-state index in [1.165, 1.54) is 117 Å². The number of para-hydroxylation sites is 3. The van der Waals surface area contributed by atoms with E-state index in [1.54, 1.807) is 0 Å². The summed E-state index contributed by atoms with van der Waals surface area (Å²) in [5.41, 5.74) is 24.0. The Morgan fingerprint density at radius 2 is 1.19 bits per heavy atom. The maximum atomic E-state index is 2.75. The van der Waals surface area contributed by atoms with Crippen molar-refractivity contribution in [1.29, 1.82) is 0 Å². The first-order chi connectivity index (χ1) is 26.5. The Kier molecular flexibility index (Phi) is 4.71. The molecule has 0 saturated heterocycles. The number of benzene rings is 7. The molecule has 0 unspecified atom stereocenters. The molecule has 7 aromatic carbocycles. The number of hydrogen-bond acceptors (Lipinski definition) is 2. The minimum Gasteiger partial charge on any atom is -0.382 e. The van der Waals surface area contributed by atoms with Crippen LogP contribution < -0.4 is 31.7 Å². The van der Waals surface area contributed by atoms with Gasteiger partial charge in [0.25, 0.3) is 0 Å². The lowest BCUT2D eigenvalue weighted by atomic mass is 9.38. The third-order valence-corrected chi connectivity index (χ3v) is 13.3. The van der Waals surface area contributed by atoms with Crippen molar-refractivity contribution in [2.45, 2.75) is 26.2 Å². The molecule has 0 saturated carbocycles. The molecule has 2 aromatic heterocycles. The van der Waals surface area contributed by atoms with Gasteiger partial charge >= 0.3 is 13.7 Å². The molecule has 14 rings (SSSR count). The Balaban J connectivity index is 1.25. The van der Waals surface area contributed by atoms with Gasteiger partial charge in [0.15, 0.2) is 0 Å². The molecular formula is C48H32B2N4. The molecule has 4 nitrogen and oxygen atoms in total. The molecule has 0 radical (unpaired) electrons. The second-order valence-corrected chi connectivity index (χ2v) is 16.9. The number of fused-ring (bicyclic) bond motifs is 5. The fourth-order valence-corrected chi connectivity index (χ4v) is 11.2. The van der Waals surface area contributed by atoms with Crippen molar-refractivity contribution < 1.29 is 0 Å². The van der Waals surface area contributed by atoms with Gasteiger partial charge in [-0.1, -0.05) is 99.6 Å². The summed E-state index contributed by atoms with van der Waals surface area (Å²) >= 11 is 0. The quantitative estimate of drug-likeness (QED) is 0.169. The zero-order valence-corrected chi connectivity index (χ0v) is 30.2. The second-order valence-electron chi connectivity index (χ2n) is 16.9. The van der Waals surface area contributed by atoms with Gasteiger partial charge in [-0.2, -0.15) is 0 Å². The highest BCUT2D eigenvalue weighted by Crippen LogP contribution is 2.54. The Hall–Kier alpha value is -6.39. The summed E-state index contributed by atoms with van der Waals surface area (Å²) in [6, 6.07) is 50.8. The van der Waals surface area contributed by atoms with Crippen LogP contribution in [0.25, 0.3) is 55.0 Å². The molecule has 0 atom stereocenters. The van der Waals surface area contributed by atoms with Crippen LogP contribution in [0.4, 0.5) is 34.1 Å². The van der Waals surface area contributed by atoms with E-state index in [4.69, 9.17) is 0 Å². The van der Waals surface area contributed by atoms with Crippen molar-refractivity contribution in [3.63, 3.8) is 0 Å². The van der Waals surface area contributed by atoms with Gasteiger partial charge in [-0.3, -0.25) is 0 Å². The van der Waals surface area contributed by atoms with Crippen LogP contribution in [0.5, 0.6) is 0 Å². The summed E-state index contributed by atoms with van der Waals surface area (Å²) < 4.78 is 5.37. The Morgan fingerprint density at radius 3 is 1.94 bits per heavy atom. The monoisotopic (exact) mass is 686 g/mol. The summed E-state index contributed by atoms with van der Waals surface area (Å²) in [5.74, 6) is 0. The van der Waals surface area contributed by atoms with Crippen molar-refractivity contribution >= 4 is 102 Å². The van der Waals surface area contributed by atoms with E-state index >= 15 is 0 Å². The van der Waals surface area contributed by atoms with Crippen LogP contribution in [0, 0.1) is 0 Å². The van der Waals surface area contributed by atoms with Crippen molar-refractivity contribution in [1.82, 2.24) is 8.96 Å². The van der Waals surface area contributed by atoms with E-state index in [1.807, 2.05) is 0 Å². The summed E-state index contributed by atoms with van der Waals surface area (Å²) in [6.07, 6.45) is 2.37. The van der Waals surface area contributed by atoms with Gasteiger partial charge in [0.05, 0.1) is 0 Å². The predicted octanol–water partition coefficient (Wildman–Crippen LogP) is 9.20. The van der Waals surface area contributed by atoms with E-state index in [2.05, 4.69) is 179 Å². The normalized spacial score (nSPS) is 14.8. The smallest absolute Gasteiger partial charge is 0.333 e. The molecule has 54 heavy (non-hydrogen) atoms. The minimum atomic E-state index is 0.00374. The second kappa shape index (κ2) is 9.03. The predicted molar refractivity (Wildman–Crippen MR) is 228 cm³/mol. The molecule has 5 aliphatic heterocycles. The van der Waals surface area contributed by atoms with E-state index in [-0.39, 0.29) is 19.1 Å². The molecular weight excluding hydrogens is 654 g/mol.